The van der Waals surface area contributed by atoms with E-state index in [-0.39, 0.29) is 11.8 Å². The van der Waals surface area contributed by atoms with Crippen LogP contribution in [0.15, 0.2) is 16.5 Å². The van der Waals surface area contributed by atoms with Gasteiger partial charge >= 0.3 is 0 Å². The predicted octanol–water partition coefficient (Wildman–Crippen LogP) is 1.50. The highest BCUT2D eigenvalue weighted by molar-refractivity contribution is 5.79. The summed E-state index contributed by atoms with van der Waals surface area (Å²) in [5.74, 6) is 1.98. The topological polar surface area (TPSA) is 59.5 Å². The fraction of sp³-hybridized carbons (Fsp3) is 0.583. The maximum absolute atomic E-state index is 11.9. The number of carbonyl (C=O) groups excluding carboxylic acids is 1. The highest BCUT2D eigenvalue weighted by Gasteiger charge is 2.25. The van der Waals surface area contributed by atoms with Crippen LogP contribution in [0.3, 0.4) is 0 Å². The second kappa shape index (κ2) is 4.70. The SMILES string of the molecule is CC1CCCN(Cc2ccc(CN)o2)C1=O. The number of piperidine rings is 1. The highest BCUT2D eigenvalue weighted by atomic mass is 16.3. The first-order chi connectivity index (χ1) is 7.70. The molecule has 16 heavy (non-hydrogen) atoms. The van der Waals surface area contributed by atoms with Gasteiger partial charge in [-0.15, -0.1) is 0 Å². The maximum Gasteiger partial charge on any atom is 0.225 e. The van der Waals surface area contributed by atoms with Crippen LogP contribution in [0.5, 0.6) is 0 Å². The smallest absolute Gasteiger partial charge is 0.225 e. The van der Waals surface area contributed by atoms with Crippen molar-refractivity contribution in [2.45, 2.75) is 32.9 Å². The maximum atomic E-state index is 11.9. The summed E-state index contributed by atoms with van der Waals surface area (Å²) in [6.45, 7) is 3.80. The van der Waals surface area contributed by atoms with Crippen molar-refractivity contribution in [1.29, 1.82) is 0 Å². The normalized spacial score (nSPS) is 21.5. The summed E-state index contributed by atoms with van der Waals surface area (Å²) >= 11 is 0. The molecular weight excluding hydrogens is 204 g/mol. The van der Waals surface area contributed by atoms with Gasteiger partial charge in [-0.3, -0.25) is 4.79 Å². The molecule has 1 unspecified atom stereocenters. The Morgan fingerprint density at radius 3 is 2.94 bits per heavy atom. The Bertz CT molecular complexity index is 373. The summed E-state index contributed by atoms with van der Waals surface area (Å²) in [7, 11) is 0. The van der Waals surface area contributed by atoms with Crippen molar-refractivity contribution in [2.24, 2.45) is 11.7 Å². The third-order valence-electron chi connectivity index (χ3n) is 3.06. The summed E-state index contributed by atoms with van der Waals surface area (Å²) in [6.07, 6.45) is 2.08. The van der Waals surface area contributed by atoms with E-state index in [1.54, 1.807) is 0 Å². The van der Waals surface area contributed by atoms with Crippen LogP contribution < -0.4 is 5.73 Å². The van der Waals surface area contributed by atoms with Gasteiger partial charge in [0.1, 0.15) is 11.5 Å². The summed E-state index contributed by atoms with van der Waals surface area (Å²) < 4.78 is 5.50. The van der Waals surface area contributed by atoms with Gasteiger partial charge in [0.2, 0.25) is 5.91 Å². The third-order valence-corrected chi connectivity index (χ3v) is 3.06. The molecule has 4 heteroatoms. The van der Waals surface area contributed by atoms with E-state index in [9.17, 15) is 4.79 Å². The van der Waals surface area contributed by atoms with Crippen LogP contribution >= 0.6 is 0 Å². The lowest BCUT2D eigenvalue weighted by Crippen LogP contribution is -2.39. The number of likely N-dealkylation sites (tertiary alicyclic amines) is 1. The van der Waals surface area contributed by atoms with E-state index in [1.807, 2.05) is 24.0 Å². The first-order valence-corrected chi connectivity index (χ1v) is 5.77. The summed E-state index contributed by atoms with van der Waals surface area (Å²) in [5.41, 5.74) is 5.47. The van der Waals surface area contributed by atoms with Crippen LogP contribution in [0.2, 0.25) is 0 Å². The second-order valence-corrected chi connectivity index (χ2v) is 4.38. The van der Waals surface area contributed by atoms with Crippen LogP contribution in [-0.2, 0) is 17.9 Å². The third kappa shape index (κ3) is 2.27. The number of hydrogen-bond donors (Lipinski definition) is 1. The number of hydrogen-bond acceptors (Lipinski definition) is 3. The Morgan fingerprint density at radius 2 is 2.25 bits per heavy atom. The molecule has 2 rings (SSSR count). The molecule has 2 N–H and O–H groups in total. The Labute approximate surface area is 95.4 Å². The molecule has 1 aromatic heterocycles. The Kier molecular flexibility index (Phi) is 3.29. The number of furan rings is 1. The van der Waals surface area contributed by atoms with E-state index in [1.165, 1.54) is 0 Å². The summed E-state index contributed by atoms with van der Waals surface area (Å²) in [4.78, 5) is 13.7. The minimum absolute atomic E-state index is 0.151. The molecule has 0 bridgehead atoms. The van der Waals surface area contributed by atoms with E-state index in [2.05, 4.69) is 0 Å². The molecule has 2 heterocycles. The summed E-state index contributed by atoms with van der Waals surface area (Å²) in [5, 5.41) is 0. The molecule has 0 spiro atoms. The lowest BCUT2D eigenvalue weighted by atomic mass is 9.99. The van der Waals surface area contributed by atoms with Crippen LogP contribution in [0.4, 0.5) is 0 Å². The zero-order valence-electron chi connectivity index (χ0n) is 9.61. The van der Waals surface area contributed by atoms with Crippen molar-refractivity contribution in [1.82, 2.24) is 4.90 Å². The minimum atomic E-state index is 0.151. The zero-order chi connectivity index (χ0) is 11.5. The number of amides is 1. The number of rotatable bonds is 3. The van der Waals surface area contributed by atoms with E-state index in [0.717, 1.165) is 30.9 Å². The van der Waals surface area contributed by atoms with Crippen molar-refractivity contribution >= 4 is 5.91 Å². The minimum Gasteiger partial charge on any atom is -0.463 e. The van der Waals surface area contributed by atoms with Gasteiger partial charge < -0.3 is 15.1 Å². The fourth-order valence-corrected chi connectivity index (χ4v) is 2.10. The van der Waals surface area contributed by atoms with Gasteiger partial charge in [-0.2, -0.15) is 0 Å². The molecule has 1 atom stereocenters. The molecule has 4 nitrogen and oxygen atoms in total. The molecule has 0 radical (unpaired) electrons. The molecule has 1 aromatic rings. The van der Waals surface area contributed by atoms with Gasteiger partial charge in [0.15, 0.2) is 0 Å². The lowest BCUT2D eigenvalue weighted by Gasteiger charge is -2.29. The molecule has 0 saturated carbocycles. The van der Waals surface area contributed by atoms with Crippen LogP contribution in [0, 0.1) is 5.92 Å². The molecule has 88 valence electrons. The quantitative estimate of drug-likeness (QED) is 0.843. The number of nitrogens with two attached hydrogens (primary N) is 1. The van der Waals surface area contributed by atoms with Crippen molar-refractivity contribution in [3.63, 3.8) is 0 Å². The van der Waals surface area contributed by atoms with E-state index in [4.69, 9.17) is 10.2 Å². The Hall–Kier alpha value is -1.29. The van der Waals surface area contributed by atoms with Gasteiger partial charge in [-0.25, -0.2) is 0 Å². The largest absolute Gasteiger partial charge is 0.463 e. The Balaban J connectivity index is 2.00. The van der Waals surface area contributed by atoms with Crippen molar-refractivity contribution in [3.05, 3.63) is 23.7 Å². The second-order valence-electron chi connectivity index (χ2n) is 4.38. The molecule has 1 aliphatic heterocycles. The monoisotopic (exact) mass is 222 g/mol. The number of nitrogens with zero attached hydrogens (tertiary/aromatic N) is 1. The Morgan fingerprint density at radius 1 is 1.50 bits per heavy atom. The van der Waals surface area contributed by atoms with E-state index >= 15 is 0 Å². The lowest BCUT2D eigenvalue weighted by molar-refractivity contribution is -0.138. The van der Waals surface area contributed by atoms with Gasteiger partial charge in [-0.1, -0.05) is 6.92 Å². The van der Waals surface area contributed by atoms with Gasteiger partial charge in [0, 0.05) is 12.5 Å². The van der Waals surface area contributed by atoms with Gasteiger partial charge in [0.25, 0.3) is 0 Å². The number of carbonyl (C=O) groups is 1. The van der Waals surface area contributed by atoms with Crippen molar-refractivity contribution in [3.8, 4) is 0 Å². The van der Waals surface area contributed by atoms with Gasteiger partial charge in [0.05, 0.1) is 13.1 Å². The van der Waals surface area contributed by atoms with Crippen molar-refractivity contribution < 1.29 is 9.21 Å². The average Bonchev–Trinajstić information content (AvgIpc) is 2.73. The van der Waals surface area contributed by atoms with Crippen LogP contribution in [-0.4, -0.2) is 17.4 Å². The van der Waals surface area contributed by atoms with Gasteiger partial charge in [-0.05, 0) is 25.0 Å². The van der Waals surface area contributed by atoms with E-state index < -0.39 is 0 Å². The zero-order valence-corrected chi connectivity index (χ0v) is 9.61. The predicted molar refractivity (Wildman–Crippen MR) is 60.4 cm³/mol. The first-order valence-electron chi connectivity index (χ1n) is 5.77. The fourth-order valence-electron chi connectivity index (χ4n) is 2.10. The summed E-state index contributed by atoms with van der Waals surface area (Å²) in [6, 6.07) is 3.77. The standard InChI is InChI=1S/C12H18N2O2/c1-9-3-2-6-14(12(9)15)8-11-5-4-10(7-13)16-11/h4-5,9H,2-3,6-8,13H2,1H3. The molecule has 1 fully saturated rings. The van der Waals surface area contributed by atoms with Crippen molar-refractivity contribution in [2.75, 3.05) is 6.54 Å². The van der Waals surface area contributed by atoms with E-state index in [0.29, 0.717) is 13.1 Å². The molecule has 1 amide bonds. The molecular formula is C12H18N2O2. The molecule has 1 saturated heterocycles. The average molecular weight is 222 g/mol. The molecule has 0 aliphatic carbocycles. The first kappa shape index (κ1) is 11.2. The molecule has 1 aliphatic rings. The van der Waals surface area contributed by atoms with Crippen LogP contribution in [0.1, 0.15) is 31.3 Å². The molecule has 0 aromatic carbocycles. The highest BCUT2D eigenvalue weighted by Crippen LogP contribution is 2.20. The van der Waals surface area contributed by atoms with Crippen LogP contribution in [0.25, 0.3) is 0 Å².